The zero-order chi connectivity index (χ0) is 13.7. The molecule has 1 saturated heterocycles. The van der Waals surface area contributed by atoms with Gasteiger partial charge in [0.2, 0.25) is 0 Å². The van der Waals surface area contributed by atoms with Gasteiger partial charge in [0.1, 0.15) is 5.75 Å². The van der Waals surface area contributed by atoms with E-state index in [1.165, 1.54) is 0 Å². The molecular formula is C15H22N2O2. The van der Waals surface area contributed by atoms with Gasteiger partial charge in [-0.15, -0.1) is 0 Å². The predicted molar refractivity (Wildman–Crippen MR) is 75.3 cm³/mol. The van der Waals surface area contributed by atoms with Crippen molar-refractivity contribution in [1.29, 1.82) is 0 Å². The Kier molecular flexibility index (Phi) is 4.80. The van der Waals surface area contributed by atoms with Crippen LogP contribution in [0.15, 0.2) is 24.3 Å². The molecule has 1 aliphatic heterocycles. The predicted octanol–water partition coefficient (Wildman–Crippen LogP) is 1.58. The van der Waals surface area contributed by atoms with E-state index in [-0.39, 0.29) is 12.5 Å². The van der Waals surface area contributed by atoms with Gasteiger partial charge in [0.15, 0.2) is 6.61 Å². The van der Waals surface area contributed by atoms with E-state index in [0.717, 1.165) is 37.2 Å². The molecule has 1 unspecified atom stereocenters. The van der Waals surface area contributed by atoms with E-state index in [9.17, 15) is 4.79 Å². The molecule has 19 heavy (non-hydrogen) atoms. The van der Waals surface area contributed by atoms with E-state index in [4.69, 9.17) is 4.74 Å². The average Bonchev–Trinajstić information content (AvgIpc) is 2.46. The molecule has 0 bridgehead atoms. The molecule has 0 aliphatic carbocycles. The molecule has 104 valence electrons. The maximum Gasteiger partial charge on any atom is 0.260 e. The van der Waals surface area contributed by atoms with Crippen molar-refractivity contribution in [3.63, 3.8) is 0 Å². The van der Waals surface area contributed by atoms with Gasteiger partial charge in [-0.3, -0.25) is 4.79 Å². The highest BCUT2D eigenvalue weighted by atomic mass is 16.5. The molecule has 1 aromatic rings. The van der Waals surface area contributed by atoms with Gasteiger partial charge in [-0.25, -0.2) is 0 Å². The lowest BCUT2D eigenvalue weighted by atomic mass is 10.1. The summed E-state index contributed by atoms with van der Waals surface area (Å²) in [6.07, 6.45) is 2.19. The van der Waals surface area contributed by atoms with E-state index in [0.29, 0.717) is 6.04 Å². The number of hydrogen-bond acceptors (Lipinski definition) is 3. The minimum absolute atomic E-state index is 0.0724. The normalized spacial score (nSPS) is 19.3. The minimum Gasteiger partial charge on any atom is -0.484 e. The van der Waals surface area contributed by atoms with E-state index < -0.39 is 0 Å². The quantitative estimate of drug-likeness (QED) is 0.896. The van der Waals surface area contributed by atoms with Crippen LogP contribution in [0.5, 0.6) is 5.75 Å². The Bertz CT molecular complexity index is 434. The maximum atomic E-state index is 12.1. The molecule has 1 amide bonds. The van der Waals surface area contributed by atoms with Crippen molar-refractivity contribution in [3.8, 4) is 5.75 Å². The van der Waals surface area contributed by atoms with Gasteiger partial charge in [-0.2, -0.15) is 0 Å². The van der Waals surface area contributed by atoms with Crippen molar-refractivity contribution in [1.82, 2.24) is 10.2 Å². The number of benzene rings is 1. The van der Waals surface area contributed by atoms with Crippen LogP contribution in [0.1, 0.15) is 18.4 Å². The molecule has 0 aromatic heterocycles. The number of ether oxygens (including phenoxy) is 1. The number of amides is 1. The lowest BCUT2D eigenvalue weighted by Gasteiger charge is -2.32. The second kappa shape index (κ2) is 6.57. The Morgan fingerprint density at radius 2 is 2.26 bits per heavy atom. The number of nitrogens with zero attached hydrogens (tertiary/aromatic N) is 1. The SMILES string of the molecule is CNC1CCCN(C(=O)COc2ccccc2C)C1. The number of nitrogens with one attached hydrogen (secondary N) is 1. The topological polar surface area (TPSA) is 41.6 Å². The van der Waals surface area contributed by atoms with Crippen LogP contribution < -0.4 is 10.1 Å². The molecule has 0 saturated carbocycles. The van der Waals surface area contributed by atoms with E-state index in [2.05, 4.69) is 5.32 Å². The summed E-state index contributed by atoms with van der Waals surface area (Å²) in [5.41, 5.74) is 1.06. The number of rotatable bonds is 4. The first-order chi connectivity index (χ1) is 9.20. The second-order valence-corrected chi connectivity index (χ2v) is 5.02. The summed E-state index contributed by atoms with van der Waals surface area (Å²) in [7, 11) is 1.95. The van der Waals surface area contributed by atoms with Gasteiger partial charge < -0.3 is 15.0 Å². The van der Waals surface area contributed by atoms with Crippen molar-refractivity contribution in [3.05, 3.63) is 29.8 Å². The molecule has 1 N–H and O–H groups in total. The summed E-state index contributed by atoms with van der Waals surface area (Å²) in [6.45, 7) is 3.74. The van der Waals surface area contributed by atoms with Crippen molar-refractivity contribution in [2.75, 3.05) is 26.7 Å². The van der Waals surface area contributed by atoms with Crippen LogP contribution in [-0.2, 0) is 4.79 Å². The summed E-state index contributed by atoms with van der Waals surface area (Å²) in [5.74, 6) is 0.862. The zero-order valence-electron chi connectivity index (χ0n) is 11.7. The van der Waals surface area contributed by atoms with Crippen LogP contribution in [0.3, 0.4) is 0 Å². The van der Waals surface area contributed by atoms with Crippen LogP contribution in [-0.4, -0.2) is 43.6 Å². The minimum atomic E-state index is 0.0724. The van der Waals surface area contributed by atoms with Crippen molar-refractivity contribution in [2.45, 2.75) is 25.8 Å². The summed E-state index contributed by atoms with van der Waals surface area (Å²) in [5, 5.41) is 3.24. The lowest BCUT2D eigenvalue weighted by Crippen LogP contribution is -2.48. The number of para-hydroxylation sites is 1. The Morgan fingerprint density at radius 1 is 1.47 bits per heavy atom. The molecule has 0 radical (unpaired) electrons. The number of aryl methyl sites for hydroxylation is 1. The summed E-state index contributed by atoms with van der Waals surface area (Å²) >= 11 is 0. The first kappa shape index (κ1) is 13.9. The molecule has 1 aromatic carbocycles. The molecule has 1 fully saturated rings. The van der Waals surface area contributed by atoms with Crippen LogP contribution in [0, 0.1) is 6.92 Å². The van der Waals surface area contributed by atoms with E-state index >= 15 is 0 Å². The van der Waals surface area contributed by atoms with Crippen LogP contribution in [0.25, 0.3) is 0 Å². The van der Waals surface area contributed by atoms with Crippen molar-refractivity contribution in [2.24, 2.45) is 0 Å². The highest BCUT2D eigenvalue weighted by Crippen LogP contribution is 2.16. The number of likely N-dealkylation sites (N-methyl/N-ethyl adjacent to an activating group) is 1. The molecule has 1 atom stereocenters. The summed E-state index contributed by atoms with van der Waals surface area (Å²) in [4.78, 5) is 14.0. The molecular weight excluding hydrogens is 240 g/mol. The number of piperidine rings is 1. The molecule has 4 nitrogen and oxygen atoms in total. The standard InChI is InChI=1S/C15H22N2O2/c1-12-6-3-4-8-14(12)19-11-15(18)17-9-5-7-13(10-17)16-2/h3-4,6,8,13,16H,5,7,9-11H2,1-2H3. The third-order valence-electron chi connectivity index (χ3n) is 3.63. The zero-order valence-corrected chi connectivity index (χ0v) is 11.7. The Morgan fingerprint density at radius 3 is 3.00 bits per heavy atom. The third-order valence-corrected chi connectivity index (χ3v) is 3.63. The monoisotopic (exact) mass is 262 g/mol. The van der Waals surface area contributed by atoms with Crippen LogP contribution in [0.4, 0.5) is 0 Å². The van der Waals surface area contributed by atoms with Crippen molar-refractivity contribution < 1.29 is 9.53 Å². The Labute approximate surface area is 114 Å². The van der Waals surface area contributed by atoms with Gasteiger partial charge >= 0.3 is 0 Å². The largest absolute Gasteiger partial charge is 0.484 e. The third kappa shape index (κ3) is 3.70. The first-order valence-electron chi connectivity index (χ1n) is 6.84. The Hall–Kier alpha value is -1.55. The molecule has 1 aliphatic rings. The van der Waals surface area contributed by atoms with Gasteiger partial charge in [0, 0.05) is 19.1 Å². The van der Waals surface area contributed by atoms with Gasteiger partial charge in [-0.1, -0.05) is 18.2 Å². The summed E-state index contributed by atoms with van der Waals surface area (Å²) < 4.78 is 5.61. The highest BCUT2D eigenvalue weighted by Gasteiger charge is 2.22. The second-order valence-electron chi connectivity index (χ2n) is 5.02. The van der Waals surface area contributed by atoms with Gasteiger partial charge in [0.05, 0.1) is 0 Å². The molecule has 4 heteroatoms. The van der Waals surface area contributed by atoms with E-state index in [1.54, 1.807) is 0 Å². The number of hydrogen-bond donors (Lipinski definition) is 1. The maximum absolute atomic E-state index is 12.1. The van der Waals surface area contributed by atoms with Gasteiger partial charge in [0.25, 0.3) is 5.91 Å². The van der Waals surface area contributed by atoms with Crippen molar-refractivity contribution >= 4 is 5.91 Å². The fourth-order valence-electron chi connectivity index (χ4n) is 2.39. The molecule has 0 spiro atoms. The Balaban J connectivity index is 1.86. The van der Waals surface area contributed by atoms with Gasteiger partial charge in [-0.05, 0) is 38.4 Å². The number of carbonyl (C=O) groups excluding carboxylic acids is 1. The molecule has 1 heterocycles. The fourth-order valence-corrected chi connectivity index (χ4v) is 2.39. The van der Waals surface area contributed by atoms with Crippen LogP contribution in [0.2, 0.25) is 0 Å². The van der Waals surface area contributed by atoms with E-state index in [1.807, 2.05) is 43.1 Å². The smallest absolute Gasteiger partial charge is 0.260 e. The number of carbonyl (C=O) groups is 1. The highest BCUT2D eigenvalue weighted by molar-refractivity contribution is 5.78. The lowest BCUT2D eigenvalue weighted by molar-refractivity contribution is -0.134. The molecule has 2 rings (SSSR count). The van der Waals surface area contributed by atoms with Crippen LogP contribution >= 0.6 is 0 Å². The average molecular weight is 262 g/mol. The number of likely N-dealkylation sites (tertiary alicyclic amines) is 1. The first-order valence-corrected chi connectivity index (χ1v) is 6.84. The summed E-state index contributed by atoms with van der Waals surface area (Å²) in [6, 6.07) is 8.18. The fraction of sp³-hybridized carbons (Fsp3) is 0.533.